The zero-order valence-corrected chi connectivity index (χ0v) is 19.1. The number of anilines is 1. The molecule has 1 atom stereocenters. The number of rotatable bonds is 6. The van der Waals surface area contributed by atoms with Crippen molar-refractivity contribution in [3.63, 3.8) is 0 Å². The molecule has 1 amide bonds. The van der Waals surface area contributed by atoms with Crippen LogP contribution in [0.4, 0.5) is 5.69 Å². The number of nitrogens with zero attached hydrogens (tertiary/aromatic N) is 4. The van der Waals surface area contributed by atoms with Crippen molar-refractivity contribution in [3.8, 4) is 17.5 Å². The zero-order valence-electron chi connectivity index (χ0n) is 18.2. The highest BCUT2D eigenvalue weighted by molar-refractivity contribution is 7.91. The summed E-state index contributed by atoms with van der Waals surface area (Å²) in [6.45, 7) is 3.71. The molecule has 1 fully saturated rings. The van der Waals surface area contributed by atoms with Crippen molar-refractivity contribution < 1.29 is 18.3 Å². The van der Waals surface area contributed by atoms with Gasteiger partial charge >= 0.3 is 0 Å². The van der Waals surface area contributed by atoms with Crippen LogP contribution >= 0.6 is 0 Å². The van der Waals surface area contributed by atoms with Crippen LogP contribution in [0.5, 0.6) is 0 Å². The summed E-state index contributed by atoms with van der Waals surface area (Å²) in [6.07, 6.45) is 3.00. The Balaban J connectivity index is 1.62. The normalized spacial score (nSPS) is 19.5. The summed E-state index contributed by atoms with van der Waals surface area (Å²) in [5.74, 6) is -0.923. The molecule has 172 valence electrons. The Kier molecular flexibility index (Phi) is 5.82. The number of sulfone groups is 1. The van der Waals surface area contributed by atoms with E-state index in [4.69, 9.17) is 5.26 Å². The number of nitriles is 1. The van der Waals surface area contributed by atoms with E-state index >= 15 is 0 Å². The summed E-state index contributed by atoms with van der Waals surface area (Å²) in [4.78, 5) is 17.3. The van der Waals surface area contributed by atoms with Gasteiger partial charge in [0.25, 0.3) is 5.91 Å². The molecule has 1 aliphatic rings. The third kappa shape index (κ3) is 4.81. The molecule has 3 aromatic heterocycles. The molecule has 0 aromatic carbocycles. The van der Waals surface area contributed by atoms with Gasteiger partial charge in [0.05, 0.1) is 57.0 Å². The number of hydrogen-bond acceptors (Lipinski definition) is 8. The van der Waals surface area contributed by atoms with Crippen molar-refractivity contribution in [1.82, 2.24) is 19.9 Å². The Morgan fingerprint density at radius 2 is 2.12 bits per heavy atom. The molecule has 4 rings (SSSR count). The third-order valence-electron chi connectivity index (χ3n) is 5.43. The summed E-state index contributed by atoms with van der Waals surface area (Å²) < 4.78 is 25.1. The number of amides is 1. The van der Waals surface area contributed by atoms with E-state index in [0.717, 1.165) is 5.52 Å². The molecule has 33 heavy (non-hydrogen) atoms. The van der Waals surface area contributed by atoms with Crippen LogP contribution in [0.25, 0.3) is 16.9 Å². The van der Waals surface area contributed by atoms with Gasteiger partial charge in [-0.3, -0.25) is 9.78 Å². The van der Waals surface area contributed by atoms with Crippen molar-refractivity contribution in [1.29, 1.82) is 5.26 Å². The number of hydrogen-bond donors (Lipinski definition) is 3. The van der Waals surface area contributed by atoms with Crippen LogP contribution < -0.4 is 10.6 Å². The quantitative estimate of drug-likeness (QED) is 0.491. The topological polar surface area (TPSA) is 149 Å². The number of nitrogens with one attached hydrogen (secondary N) is 2. The minimum atomic E-state index is -3.30. The lowest BCUT2D eigenvalue weighted by molar-refractivity contribution is 0.0609. The van der Waals surface area contributed by atoms with Gasteiger partial charge in [-0.25, -0.2) is 12.9 Å². The van der Waals surface area contributed by atoms with E-state index in [1.54, 1.807) is 16.6 Å². The molecule has 0 saturated carbocycles. The van der Waals surface area contributed by atoms with Crippen LogP contribution in [0.1, 0.15) is 36.2 Å². The second-order valence-electron chi connectivity index (χ2n) is 8.57. The Bertz CT molecular complexity index is 1380. The summed E-state index contributed by atoms with van der Waals surface area (Å²) in [6, 6.07) is 9.21. The van der Waals surface area contributed by atoms with Crippen LogP contribution in [-0.2, 0) is 9.84 Å². The van der Waals surface area contributed by atoms with E-state index in [1.165, 1.54) is 12.4 Å². The molecular weight excluding hydrogens is 444 g/mol. The van der Waals surface area contributed by atoms with Crippen molar-refractivity contribution in [2.75, 3.05) is 23.4 Å². The molecular formula is C22H24N6O4S. The first kappa shape index (κ1) is 22.7. The highest BCUT2D eigenvalue weighted by Gasteiger charge is 2.40. The van der Waals surface area contributed by atoms with Gasteiger partial charge in [0.15, 0.2) is 9.84 Å². The first-order valence-electron chi connectivity index (χ1n) is 10.4. The van der Waals surface area contributed by atoms with Crippen molar-refractivity contribution in [2.45, 2.75) is 31.9 Å². The van der Waals surface area contributed by atoms with E-state index in [2.05, 4.69) is 26.8 Å². The Labute approximate surface area is 191 Å². The summed E-state index contributed by atoms with van der Waals surface area (Å²) in [5.41, 5.74) is 1.81. The number of pyridine rings is 1. The molecule has 10 nitrogen and oxygen atoms in total. The van der Waals surface area contributed by atoms with Gasteiger partial charge in [-0.05, 0) is 44.5 Å². The molecule has 11 heteroatoms. The van der Waals surface area contributed by atoms with Crippen LogP contribution in [-0.4, -0.2) is 63.7 Å². The fourth-order valence-electron chi connectivity index (χ4n) is 3.84. The Morgan fingerprint density at radius 1 is 1.33 bits per heavy atom. The van der Waals surface area contributed by atoms with Crippen LogP contribution in [0, 0.1) is 11.3 Å². The molecule has 4 heterocycles. The fraction of sp³-hybridized carbons (Fsp3) is 0.364. The van der Waals surface area contributed by atoms with Crippen molar-refractivity contribution in [2.24, 2.45) is 0 Å². The third-order valence-corrected chi connectivity index (χ3v) is 7.23. The average Bonchev–Trinajstić information content (AvgIpc) is 3.31. The minimum absolute atomic E-state index is 0.0244. The van der Waals surface area contributed by atoms with Crippen LogP contribution in [0.2, 0.25) is 0 Å². The highest BCUT2D eigenvalue weighted by Crippen LogP contribution is 2.27. The van der Waals surface area contributed by atoms with E-state index < -0.39 is 21.3 Å². The monoisotopic (exact) mass is 468 g/mol. The number of aromatic nitrogens is 3. The fourth-order valence-corrected chi connectivity index (χ4v) is 5.74. The van der Waals surface area contributed by atoms with E-state index in [9.17, 15) is 18.3 Å². The number of fused-ring (bicyclic) bond motifs is 1. The largest absolute Gasteiger partial charge is 0.387 e. The van der Waals surface area contributed by atoms with Gasteiger partial charge in [-0.2, -0.15) is 10.4 Å². The van der Waals surface area contributed by atoms with Crippen molar-refractivity contribution >= 4 is 26.9 Å². The minimum Gasteiger partial charge on any atom is -0.387 e. The van der Waals surface area contributed by atoms with Gasteiger partial charge < -0.3 is 15.7 Å². The number of aliphatic hydroxyl groups is 1. The van der Waals surface area contributed by atoms with Gasteiger partial charge in [-0.15, -0.1) is 0 Å². The lowest BCUT2D eigenvalue weighted by Gasteiger charge is -2.22. The SMILES string of the molecule is CC(C)Nc1cc(-c2ccc3cc(C#N)cnn23)ncc1C(=O)NCC1(O)CCS(=O)(=O)C1. The summed E-state index contributed by atoms with van der Waals surface area (Å²) in [5, 5.41) is 29.8. The molecule has 0 spiro atoms. The second kappa shape index (κ2) is 8.46. The molecule has 1 aliphatic heterocycles. The first-order valence-corrected chi connectivity index (χ1v) is 12.3. The summed E-state index contributed by atoms with van der Waals surface area (Å²) in [7, 11) is -3.30. The molecule has 0 radical (unpaired) electrons. The van der Waals surface area contributed by atoms with E-state index in [-0.39, 0.29) is 36.1 Å². The van der Waals surface area contributed by atoms with Gasteiger partial charge in [0, 0.05) is 18.8 Å². The highest BCUT2D eigenvalue weighted by atomic mass is 32.2. The molecule has 3 aromatic rings. The average molecular weight is 469 g/mol. The van der Waals surface area contributed by atoms with E-state index in [1.807, 2.05) is 26.0 Å². The lowest BCUT2D eigenvalue weighted by Crippen LogP contribution is -2.44. The maximum atomic E-state index is 12.9. The second-order valence-corrected chi connectivity index (χ2v) is 10.8. The smallest absolute Gasteiger partial charge is 0.255 e. The summed E-state index contributed by atoms with van der Waals surface area (Å²) >= 11 is 0. The van der Waals surface area contributed by atoms with Gasteiger partial charge in [-0.1, -0.05) is 0 Å². The molecule has 1 saturated heterocycles. The lowest BCUT2D eigenvalue weighted by atomic mass is 10.0. The van der Waals surface area contributed by atoms with Gasteiger partial charge in [0.1, 0.15) is 6.07 Å². The Hall–Kier alpha value is -3.49. The zero-order chi connectivity index (χ0) is 23.8. The maximum absolute atomic E-state index is 12.9. The van der Waals surface area contributed by atoms with Crippen LogP contribution in [0.15, 0.2) is 36.7 Å². The Morgan fingerprint density at radius 3 is 2.79 bits per heavy atom. The predicted molar refractivity (Wildman–Crippen MR) is 122 cm³/mol. The standard InChI is InChI=1S/C22H24N6O4S/c1-14(2)27-18-8-19(20-4-3-16-7-15(9-23)10-26-28(16)20)24-11-17(18)21(29)25-12-22(30)5-6-33(31,32)13-22/h3-4,7-8,10-11,14,30H,5-6,12-13H2,1-2H3,(H,24,27)(H,25,29). The first-order chi connectivity index (χ1) is 15.6. The number of carbonyl (C=O) groups excluding carboxylic acids is 1. The number of carbonyl (C=O) groups is 1. The van der Waals surface area contributed by atoms with Crippen molar-refractivity contribution in [3.05, 3.63) is 47.8 Å². The molecule has 3 N–H and O–H groups in total. The molecule has 1 unspecified atom stereocenters. The molecule has 0 bridgehead atoms. The van der Waals surface area contributed by atoms with Crippen LogP contribution in [0.3, 0.4) is 0 Å². The maximum Gasteiger partial charge on any atom is 0.255 e. The van der Waals surface area contributed by atoms with Gasteiger partial charge in [0.2, 0.25) is 0 Å². The van der Waals surface area contributed by atoms with E-state index in [0.29, 0.717) is 22.6 Å². The molecule has 0 aliphatic carbocycles. The predicted octanol–water partition coefficient (Wildman–Crippen LogP) is 1.37.